The van der Waals surface area contributed by atoms with Crippen LogP contribution >= 0.6 is 11.6 Å². The van der Waals surface area contributed by atoms with Gasteiger partial charge in [0.2, 0.25) is 0 Å². The SMILES string of the molecule is Cc1ccc(C2c3c(-c4cc(Cl)c(C)cc4O)n[nH]c3C(=O)N2CCO)cc1. The van der Waals surface area contributed by atoms with Gasteiger partial charge in [0.05, 0.1) is 12.6 Å². The van der Waals surface area contributed by atoms with Gasteiger partial charge in [0.25, 0.3) is 5.91 Å². The zero-order valence-corrected chi connectivity index (χ0v) is 16.3. The summed E-state index contributed by atoms with van der Waals surface area (Å²) in [6.45, 7) is 3.85. The van der Waals surface area contributed by atoms with Gasteiger partial charge in [-0.15, -0.1) is 0 Å². The Hall–Kier alpha value is -2.83. The molecule has 2 aromatic carbocycles. The predicted octanol–water partition coefficient (Wildman–Crippen LogP) is 3.59. The zero-order chi connectivity index (χ0) is 20.0. The third-order valence-electron chi connectivity index (χ3n) is 5.13. The third-order valence-corrected chi connectivity index (χ3v) is 5.54. The number of aromatic amines is 1. The molecule has 144 valence electrons. The Morgan fingerprint density at radius 1 is 1.21 bits per heavy atom. The number of β-amino-alcohol motifs (C(OH)–C–C–N with tert-alkyl or cyclic N) is 1. The number of aromatic nitrogens is 2. The molecule has 1 amide bonds. The summed E-state index contributed by atoms with van der Waals surface area (Å²) in [5.74, 6) is -0.182. The molecule has 1 aliphatic rings. The van der Waals surface area contributed by atoms with E-state index < -0.39 is 6.04 Å². The first-order valence-electron chi connectivity index (χ1n) is 8.98. The number of phenolic OH excluding ortho intramolecular Hbond substituents is 1. The van der Waals surface area contributed by atoms with Crippen LogP contribution in [0.5, 0.6) is 5.75 Å². The maximum atomic E-state index is 12.9. The van der Waals surface area contributed by atoms with Gasteiger partial charge in [-0.3, -0.25) is 9.89 Å². The van der Waals surface area contributed by atoms with Gasteiger partial charge in [-0.25, -0.2) is 0 Å². The summed E-state index contributed by atoms with van der Waals surface area (Å²) < 4.78 is 0. The summed E-state index contributed by atoms with van der Waals surface area (Å²) in [5, 5.41) is 27.6. The number of benzene rings is 2. The van der Waals surface area contributed by atoms with Gasteiger partial charge in [-0.1, -0.05) is 41.4 Å². The molecule has 0 spiro atoms. The first kappa shape index (κ1) is 18.5. The lowest BCUT2D eigenvalue weighted by Crippen LogP contribution is -2.32. The topological polar surface area (TPSA) is 89.5 Å². The van der Waals surface area contributed by atoms with Crippen molar-refractivity contribution in [2.75, 3.05) is 13.2 Å². The van der Waals surface area contributed by atoms with Crippen LogP contribution in [0.3, 0.4) is 0 Å². The average Bonchev–Trinajstić information content (AvgIpc) is 3.20. The van der Waals surface area contributed by atoms with Gasteiger partial charge < -0.3 is 15.1 Å². The van der Waals surface area contributed by atoms with E-state index in [-0.39, 0.29) is 24.8 Å². The molecule has 6 nitrogen and oxygen atoms in total. The van der Waals surface area contributed by atoms with Crippen LogP contribution in [0.2, 0.25) is 5.02 Å². The van der Waals surface area contributed by atoms with Crippen molar-refractivity contribution < 1.29 is 15.0 Å². The molecular weight excluding hydrogens is 378 g/mol. The lowest BCUT2D eigenvalue weighted by Gasteiger charge is -2.25. The lowest BCUT2D eigenvalue weighted by molar-refractivity contribution is 0.0706. The highest BCUT2D eigenvalue weighted by atomic mass is 35.5. The zero-order valence-electron chi connectivity index (χ0n) is 15.5. The largest absolute Gasteiger partial charge is 0.507 e. The number of carbonyl (C=O) groups is 1. The average molecular weight is 398 g/mol. The summed E-state index contributed by atoms with van der Waals surface area (Å²) in [6.07, 6.45) is 0. The molecule has 1 unspecified atom stereocenters. The highest BCUT2D eigenvalue weighted by molar-refractivity contribution is 6.31. The van der Waals surface area contributed by atoms with E-state index in [1.165, 1.54) is 0 Å². The number of nitrogens with one attached hydrogen (secondary N) is 1. The van der Waals surface area contributed by atoms with E-state index >= 15 is 0 Å². The van der Waals surface area contributed by atoms with Crippen molar-refractivity contribution in [3.63, 3.8) is 0 Å². The molecule has 2 heterocycles. The van der Waals surface area contributed by atoms with Crippen LogP contribution in [-0.2, 0) is 0 Å². The Morgan fingerprint density at radius 3 is 2.61 bits per heavy atom. The fraction of sp³-hybridized carbons (Fsp3) is 0.238. The van der Waals surface area contributed by atoms with Crippen molar-refractivity contribution in [2.45, 2.75) is 19.9 Å². The molecule has 0 fully saturated rings. The number of fused-ring (bicyclic) bond motifs is 1. The molecule has 1 atom stereocenters. The van der Waals surface area contributed by atoms with Crippen molar-refractivity contribution in [1.82, 2.24) is 15.1 Å². The van der Waals surface area contributed by atoms with Gasteiger partial charge in [0.15, 0.2) is 0 Å². The fourth-order valence-electron chi connectivity index (χ4n) is 3.69. The third kappa shape index (κ3) is 2.85. The second-order valence-corrected chi connectivity index (χ2v) is 7.42. The van der Waals surface area contributed by atoms with Gasteiger partial charge >= 0.3 is 0 Å². The molecule has 0 radical (unpaired) electrons. The standard InChI is InChI=1S/C21H20ClN3O3/c1-11-3-5-13(6-4-11)20-17-18(14-10-15(22)12(2)9-16(14)27)23-24-19(17)21(28)25(20)7-8-26/h3-6,9-10,20,26-27H,7-8H2,1-2H3,(H,23,24). The Labute approximate surface area is 167 Å². The number of amides is 1. The predicted molar refractivity (Wildman–Crippen MR) is 107 cm³/mol. The smallest absolute Gasteiger partial charge is 0.273 e. The molecule has 3 aromatic rings. The normalized spacial score (nSPS) is 15.9. The molecule has 0 saturated carbocycles. The number of phenols is 1. The van der Waals surface area contributed by atoms with Crippen molar-refractivity contribution >= 4 is 17.5 Å². The highest BCUT2D eigenvalue weighted by Gasteiger charge is 2.42. The van der Waals surface area contributed by atoms with E-state index in [1.54, 1.807) is 17.0 Å². The van der Waals surface area contributed by atoms with Crippen molar-refractivity contribution in [3.8, 4) is 17.0 Å². The number of nitrogens with zero attached hydrogens (tertiary/aromatic N) is 2. The molecule has 28 heavy (non-hydrogen) atoms. The van der Waals surface area contributed by atoms with E-state index in [4.69, 9.17) is 11.6 Å². The van der Waals surface area contributed by atoms with E-state index in [1.807, 2.05) is 38.1 Å². The fourth-order valence-corrected chi connectivity index (χ4v) is 3.86. The molecule has 1 aromatic heterocycles. The van der Waals surface area contributed by atoms with Crippen LogP contribution in [-0.4, -0.2) is 44.4 Å². The molecule has 7 heteroatoms. The molecule has 4 rings (SSSR count). The number of aliphatic hydroxyl groups excluding tert-OH is 1. The van der Waals surface area contributed by atoms with Crippen LogP contribution in [0, 0.1) is 13.8 Å². The Balaban J connectivity index is 1.92. The van der Waals surface area contributed by atoms with E-state index in [0.717, 1.165) is 16.7 Å². The van der Waals surface area contributed by atoms with E-state index in [0.29, 0.717) is 27.5 Å². The van der Waals surface area contributed by atoms with Crippen LogP contribution < -0.4 is 0 Å². The minimum Gasteiger partial charge on any atom is -0.507 e. The highest BCUT2D eigenvalue weighted by Crippen LogP contribution is 2.45. The number of carbonyl (C=O) groups excluding carboxylic acids is 1. The first-order valence-corrected chi connectivity index (χ1v) is 9.36. The number of aromatic hydroxyl groups is 1. The number of H-pyrrole nitrogens is 1. The number of hydrogen-bond acceptors (Lipinski definition) is 4. The maximum Gasteiger partial charge on any atom is 0.273 e. The summed E-state index contributed by atoms with van der Waals surface area (Å²) >= 11 is 6.27. The van der Waals surface area contributed by atoms with Crippen LogP contribution in [0.25, 0.3) is 11.3 Å². The first-order chi connectivity index (χ1) is 13.4. The summed E-state index contributed by atoms with van der Waals surface area (Å²) in [6, 6.07) is 10.7. The van der Waals surface area contributed by atoms with Gasteiger partial charge in [-0.2, -0.15) is 5.10 Å². The summed E-state index contributed by atoms with van der Waals surface area (Å²) in [5.41, 5.74) is 4.76. The van der Waals surface area contributed by atoms with Crippen LogP contribution in [0.1, 0.15) is 38.8 Å². The number of rotatable bonds is 4. The molecular formula is C21H20ClN3O3. The molecule has 0 aliphatic carbocycles. The van der Waals surface area contributed by atoms with E-state index in [2.05, 4.69) is 10.2 Å². The van der Waals surface area contributed by atoms with Crippen molar-refractivity contribution in [2.24, 2.45) is 0 Å². The minimum atomic E-state index is -0.413. The maximum absolute atomic E-state index is 12.9. The molecule has 1 aliphatic heterocycles. The van der Waals surface area contributed by atoms with Gasteiger partial charge in [0, 0.05) is 22.7 Å². The Bertz CT molecular complexity index is 1060. The molecule has 3 N–H and O–H groups in total. The Kier molecular flexibility index (Phi) is 4.61. The second-order valence-electron chi connectivity index (χ2n) is 7.01. The molecule has 0 saturated heterocycles. The van der Waals surface area contributed by atoms with Crippen LogP contribution in [0.4, 0.5) is 0 Å². The van der Waals surface area contributed by atoms with Gasteiger partial charge in [0.1, 0.15) is 17.1 Å². The number of hydrogen-bond donors (Lipinski definition) is 3. The molecule has 0 bridgehead atoms. The van der Waals surface area contributed by atoms with Crippen molar-refractivity contribution in [1.29, 1.82) is 0 Å². The number of halogens is 1. The van der Waals surface area contributed by atoms with Crippen LogP contribution in [0.15, 0.2) is 36.4 Å². The number of aliphatic hydroxyl groups is 1. The lowest BCUT2D eigenvalue weighted by atomic mass is 9.95. The van der Waals surface area contributed by atoms with Crippen molar-refractivity contribution in [3.05, 3.63) is 69.4 Å². The van der Waals surface area contributed by atoms with E-state index in [9.17, 15) is 15.0 Å². The summed E-state index contributed by atoms with van der Waals surface area (Å²) in [7, 11) is 0. The Morgan fingerprint density at radius 2 is 1.93 bits per heavy atom. The minimum absolute atomic E-state index is 0.0481. The van der Waals surface area contributed by atoms with Gasteiger partial charge in [-0.05, 0) is 37.1 Å². The number of aryl methyl sites for hydroxylation is 2. The second kappa shape index (κ2) is 6.96. The quantitative estimate of drug-likeness (QED) is 0.627. The monoisotopic (exact) mass is 397 g/mol. The summed E-state index contributed by atoms with van der Waals surface area (Å²) in [4.78, 5) is 14.6.